The Morgan fingerprint density at radius 1 is 1.13 bits per heavy atom. The predicted molar refractivity (Wildman–Crippen MR) is 119 cm³/mol. The molecule has 9 heteroatoms. The zero-order valence-corrected chi connectivity index (χ0v) is 18.2. The molecule has 0 bridgehead atoms. The number of halogens is 1. The standard InChI is InChI=1S/C22H23ClN2O5S/c23-14-7-5-13(6-8-14)11-19(31)21(28)24-12-20(27)25-16(9-10-17(25)22(29)30)15-3-1-2-4-18(15)26/h1-8,16-17,19,26,31H,9-12H2,(H,24,28)(H,29,30)/t16?,17-,19?/m0/s1. The summed E-state index contributed by atoms with van der Waals surface area (Å²) in [6.07, 6.45) is 1.02. The van der Waals surface area contributed by atoms with Gasteiger partial charge in [0.1, 0.15) is 11.8 Å². The molecular formula is C22H23ClN2O5S. The van der Waals surface area contributed by atoms with Gasteiger partial charge in [-0.15, -0.1) is 0 Å². The van der Waals surface area contributed by atoms with Gasteiger partial charge in [0.2, 0.25) is 11.8 Å². The molecule has 3 atom stereocenters. The minimum absolute atomic E-state index is 0.00115. The maximum Gasteiger partial charge on any atom is 0.326 e. The van der Waals surface area contributed by atoms with Gasteiger partial charge in [0.05, 0.1) is 17.8 Å². The second-order valence-corrected chi connectivity index (χ2v) is 8.43. The van der Waals surface area contributed by atoms with Crippen LogP contribution >= 0.6 is 24.2 Å². The molecule has 0 saturated carbocycles. The number of carboxylic acids is 1. The van der Waals surface area contributed by atoms with Crippen LogP contribution in [0.1, 0.15) is 30.0 Å². The van der Waals surface area contributed by atoms with Crippen molar-refractivity contribution in [1.29, 1.82) is 0 Å². The van der Waals surface area contributed by atoms with E-state index < -0.39 is 35.1 Å². The Bertz CT molecular complexity index is 969. The number of rotatable bonds is 7. The Morgan fingerprint density at radius 2 is 1.81 bits per heavy atom. The number of nitrogens with one attached hydrogen (secondary N) is 1. The fraction of sp³-hybridized carbons (Fsp3) is 0.318. The van der Waals surface area contributed by atoms with Gasteiger partial charge in [0.15, 0.2) is 0 Å². The Morgan fingerprint density at radius 3 is 2.45 bits per heavy atom. The quantitative estimate of drug-likeness (QED) is 0.473. The first-order chi connectivity index (χ1) is 14.8. The molecule has 1 heterocycles. The van der Waals surface area contributed by atoms with Gasteiger partial charge in [-0.05, 0) is 43.0 Å². The summed E-state index contributed by atoms with van der Waals surface area (Å²) >= 11 is 10.2. The van der Waals surface area contributed by atoms with Crippen LogP contribution in [0.4, 0.5) is 0 Å². The average molecular weight is 463 g/mol. The lowest BCUT2D eigenvalue weighted by molar-refractivity contribution is -0.149. The first-order valence-electron chi connectivity index (χ1n) is 9.80. The molecule has 1 aliphatic heterocycles. The van der Waals surface area contributed by atoms with Crippen molar-refractivity contribution in [3.05, 3.63) is 64.7 Å². The molecule has 1 fully saturated rings. The zero-order valence-electron chi connectivity index (χ0n) is 16.6. The molecule has 0 spiro atoms. The molecule has 2 aromatic rings. The largest absolute Gasteiger partial charge is 0.508 e. The minimum atomic E-state index is -1.12. The number of phenols is 1. The molecule has 164 valence electrons. The van der Waals surface area contributed by atoms with Crippen LogP contribution in [0, 0.1) is 0 Å². The van der Waals surface area contributed by atoms with E-state index >= 15 is 0 Å². The van der Waals surface area contributed by atoms with Crippen molar-refractivity contribution in [1.82, 2.24) is 10.2 Å². The van der Waals surface area contributed by atoms with Crippen LogP contribution in [0.15, 0.2) is 48.5 Å². The Balaban J connectivity index is 1.66. The summed E-state index contributed by atoms with van der Waals surface area (Å²) in [5.41, 5.74) is 1.36. The van der Waals surface area contributed by atoms with Crippen molar-refractivity contribution in [3.63, 3.8) is 0 Å². The van der Waals surface area contributed by atoms with Gasteiger partial charge in [0, 0.05) is 10.6 Å². The van der Waals surface area contributed by atoms with E-state index in [1.54, 1.807) is 42.5 Å². The van der Waals surface area contributed by atoms with E-state index in [9.17, 15) is 24.6 Å². The lowest BCUT2D eigenvalue weighted by Crippen LogP contribution is -2.47. The van der Waals surface area contributed by atoms with Crippen molar-refractivity contribution in [2.24, 2.45) is 0 Å². The topological polar surface area (TPSA) is 107 Å². The van der Waals surface area contributed by atoms with Crippen LogP contribution in [-0.2, 0) is 20.8 Å². The Kier molecular flexibility index (Phi) is 7.46. The van der Waals surface area contributed by atoms with Gasteiger partial charge in [-0.1, -0.05) is 41.9 Å². The Labute approximate surface area is 190 Å². The summed E-state index contributed by atoms with van der Waals surface area (Å²) in [7, 11) is 0. The van der Waals surface area contributed by atoms with Gasteiger partial charge in [-0.25, -0.2) is 4.79 Å². The van der Waals surface area contributed by atoms with Crippen LogP contribution < -0.4 is 5.32 Å². The van der Waals surface area contributed by atoms with E-state index in [1.165, 1.54) is 11.0 Å². The third-order valence-electron chi connectivity index (χ3n) is 5.31. The second kappa shape index (κ2) is 10.1. The number of carbonyl (C=O) groups excluding carboxylic acids is 2. The third-order valence-corrected chi connectivity index (χ3v) is 5.98. The Hall–Kier alpha value is -2.71. The summed E-state index contributed by atoms with van der Waals surface area (Å²) in [6, 6.07) is 12.0. The molecular weight excluding hydrogens is 440 g/mol. The number of phenolic OH excluding ortho intramolecular Hbond substituents is 1. The SMILES string of the molecule is O=C(NCC(=O)N1C(c2ccccc2O)CC[C@H]1C(=O)O)C(S)Cc1ccc(Cl)cc1. The number of likely N-dealkylation sites (tertiary alicyclic amines) is 1. The van der Waals surface area contributed by atoms with Crippen LogP contribution in [0.2, 0.25) is 5.02 Å². The van der Waals surface area contributed by atoms with Crippen molar-refractivity contribution >= 4 is 42.0 Å². The first kappa shape index (κ1) is 23.0. The molecule has 0 aromatic heterocycles. The number of para-hydroxylation sites is 1. The van der Waals surface area contributed by atoms with Crippen LogP contribution in [0.3, 0.4) is 0 Å². The zero-order chi connectivity index (χ0) is 22.5. The molecule has 2 aromatic carbocycles. The van der Waals surface area contributed by atoms with E-state index in [-0.39, 0.29) is 18.7 Å². The highest BCUT2D eigenvalue weighted by Crippen LogP contribution is 2.39. The number of carboxylic acid groups (broad SMARTS) is 1. The highest BCUT2D eigenvalue weighted by molar-refractivity contribution is 7.81. The third kappa shape index (κ3) is 5.51. The van der Waals surface area contributed by atoms with Gasteiger partial charge in [-0.2, -0.15) is 12.6 Å². The molecule has 3 rings (SSSR count). The summed E-state index contributed by atoms with van der Waals surface area (Å²) in [5.74, 6) is -2.08. The summed E-state index contributed by atoms with van der Waals surface area (Å²) in [4.78, 5) is 38.2. The lowest BCUT2D eigenvalue weighted by Gasteiger charge is -2.29. The first-order valence-corrected chi connectivity index (χ1v) is 10.7. The van der Waals surface area contributed by atoms with Crippen molar-refractivity contribution in [2.75, 3.05) is 6.54 Å². The smallest absolute Gasteiger partial charge is 0.326 e. The number of aromatic hydroxyl groups is 1. The van der Waals surface area contributed by atoms with E-state index in [2.05, 4.69) is 17.9 Å². The van der Waals surface area contributed by atoms with Crippen molar-refractivity contribution < 1.29 is 24.6 Å². The number of amides is 2. The van der Waals surface area contributed by atoms with E-state index in [1.807, 2.05) is 0 Å². The number of hydrogen-bond acceptors (Lipinski definition) is 5. The van der Waals surface area contributed by atoms with Crippen LogP contribution in [-0.4, -0.2) is 50.7 Å². The highest BCUT2D eigenvalue weighted by Gasteiger charge is 2.42. The fourth-order valence-corrected chi connectivity index (χ4v) is 4.21. The fourth-order valence-electron chi connectivity index (χ4n) is 3.78. The summed E-state index contributed by atoms with van der Waals surface area (Å²) in [5, 5.41) is 22.2. The number of aliphatic carboxylic acids is 1. The van der Waals surface area contributed by atoms with Gasteiger partial charge in [-0.3, -0.25) is 9.59 Å². The number of carbonyl (C=O) groups is 3. The lowest BCUT2D eigenvalue weighted by atomic mass is 10.0. The molecule has 2 amide bonds. The van der Waals surface area contributed by atoms with E-state index in [0.717, 1.165) is 5.56 Å². The van der Waals surface area contributed by atoms with Crippen LogP contribution in [0.5, 0.6) is 5.75 Å². The average Bonchev–Trinajstić information content (AvgIpc) is 3.19. The molecule has 0 aliphatic carbocycles. The van der Waals surface area contributed by atoms with Crippen molar-refractivity contribution in [2.45, 2.75) is 36.6 Å². The maximum absolute atomic E-state index is 12.9. The summed E-state index contributed by atoms with van der Waals surface area (Å²) in [6.45, 7) is -0.357. The molecule has 1 aliphatic rings. The van der Waals surface area contributed by atoms with Gasteiger partial charge in [0.25, 0.3) is 0 Å². The van der Waals surface area contributed by atoms with Gasteiger partial charge >= 0.3 is 5.97 Å². The van der Waals surface area contributed by atoms with E-state index in [0.29, 0.717) is 23.4 Å². The molecule has 7 nitrogen and oxygen atoms in total. The maximum atomic E-state index is 12.9. The summed E-state index contributed by atoms with van der Waals surface area (Å²) < 4.78 is 0. The van der Waals surface area contributed by atoms with Crippen molar-refractivity contribution in [3.8, 4) is 5.75 Å². The monoisotopic (exact) mass is 462 g/mol. The minimum Gasteiger partial charge on any atom is -0.508 e. The van der Waals surface area contributed by atoms with E-state index in [4.69, 9.17) is 11.6 Å². The molecule has 2 unspecified atom stereocenters. The molecule has 31 heavy (non-hydrogen) atoms. The normalized spacial score (nSPS) is 19.1. The highest BCUT2D eigenvalue weighted by atomic mass is 35.5. The number of nitrogens with zero attached hydrogens (tertiary/aromatic N) is 1. The molecule has 0 radical (unpaired) electrons. The molecule has 3 N–H and O–H groups in total. The number of hydrogen-bond donors (Lipinski definition) is 4. The number of thiol groups is 1. The number of benzene rings is 2. The second-order valence-electron chi connectivity index (χ2n) is 7.37. The predicted octanol–water partition coefficient (Wildman–Crippen LogP) is 2.82. The van der Waals surface area contributed by atoms with Gasteiger partial charge < -0.3 is 20.4 Å². The van der Waals surface area contributed by atoms with Crippen LogP contribution in [0.25, 0.3) is 0 Å². The molecule has 1 saturated heterocycles.